The molecule has 0 aliphatic carbocycles. The first-order chi connectivity index (χ1) is 12.1. The Hall–Kier alpha value is -2.80. The summed E-state index contributed by atoms with van der Waals surface area (Å²) >= 11 is 1.48. The van der Waals surface area contributed by atoms with Crippen molar-refractivity contribution in [1.82, 2.24) is 4.98 Å². The maximum Gasteiger partial charge on any atom is 0.203 e. The van der Waals surface area contributed by atoms with Crippen LogP contribution in [0.15, 0.2) is 52.9 Å². The highest BCUT2D eigenvalue weighted by molar-refractivity contribution is 7.13. The fraction of sp³-hybridized carbons (Fsp3) is 0.111. The second-order valence-corrected chi connectivity index (χ2v) is 6.16. The predicted molar refractivity (Wildman–Crippen MR) is 95.2 cm³/mol. The number of nitrogens with one attached hydrogen (secondary N) is 1. The van der Waals surface area contributed by atoms with Gasteiger partial charge in [0.2, 0.25) is 5.13 Å². The number of nitrogens with zero attached hydrogens (tertiary/aromatic N) is 2. The maximum absolute atomic E-state index is 13.2. The second kappa shape index (κ2) is 7.85. The average molecular weight is 359 g/mol. The number of benzene rings is 2. The highest BCUT2D eigenvalue weighted by Crippen LogP contribution is 2.17. The van der Waals surface area contributed by atoms with E-state index in [9.17, 15) is 8.78 Å². The first-order valence-corrected chi connectivity index (χ1v) is 8.35. The number of hydrogen-bond acceptors (Lipinski definition) is 5. The van der Waals surface area contributed by atoms with Gasteiger partial charge >= 0.3 is 0 Å². The Morgan fingerprint density at radius 1 is 1.20 bits per heavy atom. The Bertz CT molecular complexity index is 875. The van der Waals surface area contributed by atoms with E-state index in [1.54, 1.807) is 6.21 Å². The second-order valence-electron chi connectivity index (χ2n) is 5.30. The molecule has 2 aromatic carbocycles. The van der Waals surface area contributed by atoms with Crippen LogP contribution < -0.4 is 10.2 Å². The summed E-state index contributed by atoms with van der Waals surface area (Å²) in [6, 6.07) is 10.6. The number of hydrazone groups is 1. The van der Waals surface area contributed by atoms with Crippen molar-refractivity contribution in [3.8, 4) is 5.75 Å². The summed E-state index contributed by atoms with van der Waals surface area (Å²) in [5.41, 5.74) is 5.53. The van der Waals surface area contributed by atoms with E-state index in [1.165, 1.54) is 11.3 Å². The Kier molecular flexibility index (Phi) is 5.35. The van der Waals surface area contributed by atoms with E-state index in [2.05, 4.69) is 15.5 Å². The SMILES string of the molecule is Cc1csc(NN=Cc2cccc(COc3cc(F)cc(F)c3)c2)n1. The van der Waals surface area contributed by atoms with Crippen LogP contribution in [0.1, 0.15) is 16.8 Å². The third-order valence-electron chi connectivity index (χ3n) is 3.19. The van der Waals surface area contributed by atoms with Crippen LogP contribution in [0.5, 0.6) is 5.75 Å². The van der Waals surface area contributed by atoms with Gasteiger partial charge in [-0.2, -0.15) is 5.10 Å². The zero-order chi connectivity index (χ0) is 17.6. The Labute approximate surface area is 147 Å². The molecule has 4 nitrogen and oxygen atoms in total. The van der Waals surface area contributed by atoms with Gasteiger partial charge in [-0.3, -0.25) is 5.43 Å². The van der Waals surface area contributed by atoms with Crippen molar-refractivity contribution in [2.75, 3.05) is 5.43 Å². The molecule has 0 bridgehead atoms. The molecule has 1 heterocycles. The molecule has 0 radical (unpaired) electrons. The fourth-order valence-electron chi connectivity index (χ4n) is 2.11. The van der Waals surface area contributed by atoms with Crippen LogP contribution in [0.3, 0.4) is 0 Å². The molecule has 128 valence electrons. The Morgan fingerprint density at radius 3 is 2.72 bits per heavy atom. The molecular weight excluding hydrogens is 344 g/mol. The Balaban J connectivity index is 1.60. The lowest BCUT2D eigenvalue weighted by atomic mass is 10.1. The van der Waals surface area contributed by atoms with Crippen LogP contribution >= 0.6 is 11.3 Å². The molecule has 25 heavy (non-hydrogen) atoms. The van der Waals surface area contributed by atoms with E-state index in [4.69, 9.17) is 4.74 Å². The molecule has 0 fully saturated rings. The first-order valence-electron chi connectivity index (χ1n) is 7.47. The molecule has 7 heteroatoms. The van der Waals surface area contributed by atoms with E-state index in [-0.39, 0.29) is 12.4 Å². The van der Waals surface area contributed by atoms with E-state index < -0.39 is 11.6 Å². The molecule has 0 spiro atoms. The summed E-state index contributed by atoms with van der Waals surface area (Å²) in [5, 5.41) is 6.80. The number of anilines is 1. The van der Waals surface area contributed by atoms with Gasteiger partial charge in [0.25, 0.3) is 0 Å². The zero-order valence-corrected chi connectivity index (χ0v) is 14.2. The standard InChI is InChI=1S/C18H15F2N3OS/c1-12-11-25-18(22-12)23-21-9-13-3-2-4-14(5-13)10-24-17-7-15(19)6-16(20)8-17/h2-9,11H,10H2,1H3,(H,22,23). The third kappa shape index (κ3) is 5.09. The first kappa shape index (κ1) is 17.0. The largest absolute Gasteiger partial charge is 0.489 e. The molecule has 0 saturated carbocycles. The number of hydrogen-bond donors (Lipinski definition) is 1. The number of rotatable bonds is 6. The van der Waals surface area contributed by atoms with Crippen LogP contribution in [0.2, 0.25) is 0 Å². The van der Waals surface area contributed by atoms with Crippen LogP contribution in [0, 0.1) is 18.6 Å². The highest BCUT2D eigenvalue weighted by Gasteiger charge is 2.02. The van der Waals surface area contributed by atoms with Gasteiger partial charge in [-0.25, -0.2) is 13.8 Å². The summed E-state index contributed by atoms with van der Waals surface area (Å²) in [4.78, 5) is 4.25. The van der Waals surface area contributed by atoms with Crippen molar-refractivity contribution >= 4 is 22.7 Å². The normalized spacial score (nSPS) is 11.0. The summed E-state index contributed by atoms with van der Waals surface area (Å²) in [6.45, 7) is 2.11. The molecule has 0 unspecified atom stereocenters. The topological polar surface area (TPSA) is 46.5 Å². The lowest BCUT2D eigenvalue weighted by Gasteiger charge is -2.07. The van der Waals surface area contributed by atoms with Crippen LogP contribution in [-0.2, 0) is 6.61 Å². The van der Waals surface area contributed by atoms with E-state index in [0.29, 0.717) is 0 Å². The van der Waals surface area contributed by atoms with Gasteiger partial charge < -0.3 is 4.74 Å². The molecule has 0 aliphatic rings. The third-order valence-corrected chi connectivity index (χ3v) is 4.05. The average Bonchev–Trinajstić information content (AvgIpc) is 2.98. The van der Waals surface area contributed by atoms with Crippen molar-refractivity contribution in [2.24, 2.45) is 5.10 Å². The number of aryl methyl sites for hydroxylation is 1. The van der Waals surface area contributed by atoms with Gasteiger partial charge in [0.05, 0.1) is 11.9 Å². The molecule has 1 aromatic heterocycles. The van der Waals surface area contributed by atoms with Crippen molar-refractivity contribution in [1.29, 1.82) is 0 Å². The molecule has 3 aromatic rings. The fourth-order valence-corrected chi connectivity index (χ4v) is 2.75. The van der Waals surface area contributed by atoms with Crippen LogP contribution in [0.4, 0.5) is 13.9 Å². The van der Waals surface area contributed by atoms with E-state index in [0.717, 1.165) is 40.2 Å². The molecule has 3 rings (SSSR count). The summed E-state index contributed by atoms with van der Waals surface area (Å²) in [6.07, 6.45) is 1.67. The Morgan fingerprint density at radius 2 is 2.00 bits per heavy atom. The smallest absolute Gasteiger partial charge is 0.203 e. The van der Waals surface area contributed by atoms with Crippen molar-refractivity contribution in [3.63, 3.8) is 0 Å². The molecule has 0 amide bonds. The summed E-state index contributed by atoms with van der Waals surface area (Å²) in [7, 11) is 0. The number of ether oxygens (including phenoxy) is 1. The molecule has 0 atom stereocenters. The van der Waals surface area contributed by atoms with Crippen LogP contribution in [-0.4, -0.2) is 11.2 Å². The zero-order valence-electron chi connectivity index (χ0n) is 13.4. The minimum Gasteiger partial charge on any atom is -0.489 e. The molecule has 0 saturated heterocycles. The minimum absolute atomic E-state index is 0.150. The summed E-state index contributed by atoms with van der Waals surface area (Å²) in [5.74, 6) is -1.18. The molecule has 1 N–H and O–H groups in total. The number of halogens is 2. The maximum atomic E-state index is 13.2. The quantitative estimate of drug-likeness (QED) is 0.510. The van der Waals surface area contributed by atoms with Gasteiger partial charge in [-0.15, -0.1) is 11.3 Å². The van der Waals surface area contributed by atoms with Crippen LogP contribution in [0.25, 0.3) is 0 Å². The lowest BCUT2D eigenvalue weighted by Crippen LogP contribution is -1.98. The van der Waals surface area contributed by atoms with Crippen molar-refractivity contribution < 1.29 is 13.5 Å². The van der Waals surface area contributed by atoms with Gasteiger partial charge in [0.1, 0.15) is 24.0 Å². The predicted octanol–water partition coefficient (Wildman–Crippen LogP) is 4.75. The highest BCUT2D eigenvalue weighted by atomic mass is 32.1. The molecular formula is C18H15F2N3OS. The summed E-state index contributed by atoms with van der Waals surface area (Å²) < 4.78 is 31.7. The number of thiazole rings is 1. The van der Waals surface area contributed by atoms with Crippen molar-refractivity contribution in [3.05, 3.63) is 76.3 Å². The van der Waals surface area contributed by atoms with Gasteiger partial charge in [0.15, 0.2) is 0 Å². The monoisotopic (exact) mass is 359 g/mol. The van der Waals surface area contributed by atoms with E-state index in [1.807, 2.05) is 36.6 Å². The van der Waals surface area contributed by atoms with Gasteiger partial charge in [-0.05, 0) is 24.1 Å². The lowest BCUT2D eigenvalue weighted by molar-refractivity contribution is 0.302. The van der Waals surface area contributed by atoms with Gasteiger partial charge in [-0.1, -0.05) is 18.2 Å². The number of aromatic nitrogens is 1. The van der Waals surface area contributed by atoms with Crippen molar-refractivity contribution in [2.45, 2.75) is 13.5 Å². The van der Waals surface area contributed by atoms with Gasteiger partial charge in [0, 0.05) is 23.6 Å². The minimum atomic E-state index is -0.667. The molecule has 0 aliphatic heterocycles. The van der Waals surface area contributed by atoms with E-state index >= 15 is 0 Å².